The van der Waals surface area contributed by atoms with Gasteiger partial charge in [0.1, 0.15) is 5.82 Å². The van der Waals surface area contributed by atoms with Gasteiger partial charge in [-0.15, -0.1) is 0 Å². The molecule has 0 saturated heterocycles. The number of aromatic nitrogens is 1. The predicted octanol–water partition coefficient (Wildman–Crippen LogP) is 3.78. The maximum Gasteiger partial charge on any atom is 0.261 e. The minimum absolute atomic E-state index is 0.0810. The predicted molar refractivity (Wildman–Crippen MR) is 73.7 cm³/mol. The van der Waals surface area contributed by atoms with Crippen molar-refractivity contribution in [3.8, 4) is 10.4 Å². The summed E-state index contributed by atoms with van der Waals surface area (Å²) in [6, 6.07) is 6.57. The molecule has 0 aliphatic rings. The molecule has 2 rings (SSSR count). The Morgan fingerprint density at radius 2 is 1.89 bits per heavy atom. The van der Waals surface area contributed by atoms with Gasteiger partial charge in [0, 0.05) is 11.6 Å². The number of benzene rings is 1. The van der Waals surface area contributed by atoms with Gasteiger partial charge in [-0.1, -0.05) is 23.7 Å². The van der Waals surface area contributed by atoms with Crippen LogP contribution in [0.4, 0.5) is 4.39 Å². The summed E-state index contributed by atoms with van der Waals surface area (Å²) >= 11 is 1.30. The molecule has 1 heterocycles. The summed E-state index contributed by atoms with van der Waals surface area (Å²) in [7, 11) is 0. The number of hydrogen-bond acceptors (Lipinski definition) is 2. The lowest BCUT2D eigenvalue weighted by Gasteiger charge is -2.18. The van der Waals surface area contributed by atoms with Gasteiger partial charge in [-0.3, -0.25) is 8.75 Å². The van der Waals surface area contributed by atoms with E-state index in [9.17, 15) is 9.18 Å². The first-order chi connectivity index (χ1) is 8.29. The molecular weight excluding hydrogens is 249 g/mol. The third kappa shape index (κ3) is 2.38. The van der Waals surface area contributed by atoms with Crippen LogP contribution in [0.25, 0.3) is 10.4 Å². The van der Waals surface area contributed by atoms with E-state index in [0.29, 0.717) is 10.4 Å². The van der Waals surface area contributed by atoms with Crippen molar-refractivity contribution < 1.29 is 4.39 Å². The lowest BCUT2D eigenvalue weighted by Crippen LogP contribution is -2.28. The molecule has 0 N–H and O–H groups in total. The number of rotatable bonds is 1. The fourth-order valence-corrected chi connectivity index (χ4v) is 2.79. The Labute approximate surface area is 110 Å². The van der Waals surface area contributed by atoms with Crippen LogP contribution in [-0.2, 0) is 5.54 Å². The Morgan fingerprint density at radius 3 is 2.39 bits per heavy atom. The second-order valence-electron chi connectivity index (χ2n) is 5.39. The Bertz CT molecular complexity index is 634. The molecule has 0 spiro atoms. The Hall–Kier alpha value is -1.42. The zero-order valence-corrected chi connectivity index (χ0v) is 11.8. The van der Waals surface area contributed by atoms with Crippen LogP contribution in [0.5, 0.6) is 0 Å². The van der Waals surface area contributed by atoms with E-state index < -0.39 is 0 Å². The summed E-state index contributed by atoms with van der Waals surface area (Å²) in [5.74, 6) is -0.280. The molecule has 0 saturated carbocycles. The van der Waals surface area contributed by atoms with Crippen molar-refractivity contribution in [3.05, 3.63) is 46.0 Å². The van der Waals surface area contributed by atoms with Crippen LogP contribution in [0.15, 0.2) is 29.1 Å². The number of aryl methyl sites for hydroxylation is 1. The molecule has 2 nitrogen and oxygen atoms in total. The van der Waals surface area contributed by atoms with Gasteiger partial charge in [0.05, 0.1) is 10.4 Å². The first-order valence-corrected chi connectivity index (χ1v) is 6.57. The summed E-state index contributed by atoms with van der Waals surface area (Å²) in [4.78, 5) is 12.6. The monoisotopic (exact) mass is 265 g/mol. The topological polar surface area (TPSA) is 22.0 Å². The van der Waals surface area contributed by atoms with Crippen molar-refractivity contribution in [2.45, 2.75) is 33.2 Å². The highest BCUT2D eigenvalue weighted by molar-refractivity contribution is 7.10. The Kier molecular flexibility index (Phi) is 3.15. The molecule has 0 unspecified atom stereocenters. The quantitative estimate of drug-likeness (QED) is 0.769. The van der Waals surface area contributed by atoms with Crippen molar-refractivity contribution in [1.29, 1.82) is 0 Å². The Balaban J connectivity index is 2.56. The standard InChI is InChI=1S/C14H16FNOS/c1-9-5-6-10(11(15)7-9)12-8-13(17)16(18-12)14(2,3)4/h5-8H,1-4H3. The first-order valence-electron chi connectivity index (χ1n) is 5.79. The molecule has 0 aliphatic heterocycles. The fraction of sp³-hybridized carbons (Fsp3) is 0.357. The SMILES string of the molecule is Cc1ccc(-c2cc(=O)n(C(C)(C)C)s2)c(F)c1. The number of nitrogens with zero attached hydrogens (tertiary/aromatic N) is 1. The number of hydrogen-bond donors (Lipinski definition) is 0. The van der Waals surface area contributed by atoms with Crippen LogP contribution in [0.2, 0.25) is 0 Å². The highest BCUT2D eigenvalue weighted by Gasteiger charge is 2.19. The van der Waals surface area contributed by atoms with Crippen LogP contribution in [0.1, 0.15) is 26.3 Å². The molecule has 0 bridgehead atoms. The molecular formula is C14H16FNOS. The summed E-state index contributed by atoms with van der Waals surface area (Å²) in [6.45, 7) is 7.72. The van der Waals surface area contributed by atoms with E-state index in [-0.39, 0.29) is 16.9 Å². The second-order valence-corrected chi connectivity index (χ2v) is 6.37. The normalized spacial score (nSPS) is 11.8. The van der Waals surface area contributed by atoms with Gasteiger partial charge in [0.15, 0.2) is 0 Å². The van der Waals surface area contributed by atoms with E-state index >= 15 is 0 Å². The minimum Gasteiger partial charge on any atom is -0.268 e. The Morgan fingerprint density at radius 1 is 1.22 bits per heavy atom. The van der Waals surface area contributed by atoms with Crippen molar-refractivity contribution in [1.82, 2.24) is 3.96 Å². The average molecular weight is 265 g/mol. The molecule has 1 aromatic heterocycles. The van der Waals surface area contributed by atoms with Crippen LogP contribution < -0.4 is 5.56 Å². The van der Waals surface area contributed by atoms with Crippen molar-refractivity contribution in [3.63, 3.8) is 0 Å². The highest BCUT2D eigenvalue weighted by Crippen LogP contribution is 2.28. The van der Waals surface area contributed by atoms with E-state index in [1.54, 1.807) is 10.0 Å². The number of halogens is 1. The zero-order valence-electron chi connectivity index (χ0n) is 11.0. The average Bonchev–Trinajstić information content (AvgIpc) is 2.59. The maximum absolute atomic E-state index is 13.9. The molecule has 0 amide bonds. The third-order valence-electron chi connectivity index (χ3n) is 2.64. The second kappa shape index (κ2) is 4.35. The van der Waals surface area contributed by atoms with Crippen molar-refractivity contribution >= 4 is 11.5 Å². The molecule has 0 fully saturated rings. The summed E-state index contributed by atoms with van der Waals surface area (Å²) in [6.07, 6.45) is 0. The van der Waals surface area contributed by atoms with E-state index in [4.69, 9.17) is 0 Å². The molecule has 0 atom stereocenters. The smallest absolute Gasteiger partial charge is 0.261 e. The molecule has 4 heteroatoms. The van der Waals surface area contributed by atoms with Crippen LogP contribution in [0, 0.1) is 12.7 Å². The first kappa shape index (κ1) is 13.0. The lowest BCUT2D eigenvalue weighted by molar-refractivity contribution is 0.419. The van der Waals surface area contributed by atoms with E-state index in [0.717, 1.165) is 5.56 Å². The van der Waals surface area contributed by atoms with Crippen LogP contribution in [-0.4, -0.2) is 3.96 Å². The van der Waals surface area contributed by atoms with Gasteiger partial charge >= 0.3 is 0 Å². The van der Waals surface area contributed by atoms with E-state index in [1.807, 2.05) is 33.8 Å². The zero-order chi connectivity index (χ0) is 13.5. The van der Waals surface area contributed by atoms with E-state index in [1.165, 1.54) is 23.7 Å². The van der Waals surface area contributed by atoms with Crippen molar-refractivity contribution in [2.24, 2.45) is 0 Å². The molecule has 96 valence electrons. The summed E-state index contributed by atoms with van der Waals surface area (Å²) < 4.78 is 15.5. The maximum atomic E-state index is 13.9. The third-order valence-corrected chi connectivity index (χ3v) is 4.09. The lowest BCUT2D eigenvalue weighted by atomic mass is 10.1. The van der Waals surface area contributed by atoms with Crippen LogP contribution in [0.3, 0.4) is 0 Å². The molecule has 18 heavy (non-hydrogen) atoms. The van der Waals surface area contributed by atoms with Gasteiger partial charge < -0.3 is 0 Å². The summed E-state index contributed by atoms with van der Waals surface area (Å²) in [5, 5.41) is 0. The van der Waals surface area contributed by atoms with Gasteiger partial charge in [-0.25, -0.2) is 4.39 Å². The summed E-state index contributed by atoms with van der Waals surface area (Å²) in [5.41, 5.74) is 1.01. The van der Waals surface area contributed by atoms with E-state index in [2.05, 4.69) is 0 Å². The fourth-order valence-electron chi connectivity index (χ4n) is 1.75. The molecule has 0 radical (unpaired) electrons. The molecule has 0 aliphatic carbocycles. The van der Waals surface area contributed by atoms with Gasteiger partial charge in [0.25, 0.3) is 5.56 Å². The largest absolute Gasteiger partial charge is 0.268 e. The van der Waals surface area contributed by atoms with Gasteiger partial charge in [-0.2, -0.15) is 0 Å². The minimum atomic E-state index is -0.280. The highest BCUT2D eigenvalue weighted by atomic mass is 32.1. The van der Waals surface area contributed by atoms with Gasteiger partial charge in [0.2, 0.25) is 0 Å². The van der Waals surface area contributed by atoms with Gasteiger partial charge in [-0.05, 0) is 39.3 Å². The van der Waals surface area contributed by atoms with Crippen molar-refractivity contribution in [2.75, 3.05) is 0 Å². The van der Waals surface area contributed by atoms with Crippen LogP contribution >= 0.6 is 11.5 Å². The molecule has 2 aromatic rings. The molecule has 1 aromatic carbocycles.